The molecule has 0 radical (unpaired) electrons. The molecule has 0 bridgehead atoms. The van der Waals surface area contributed by atoms with E-state index in [0.717, 1.165) is 0 Å². The molecular weight excluding hydrogens is 216 g/mol. The van der Waals surface area contributed by atoms with Gasteiger partial charge in [-0.2, -0.15) is 0 Å². The third-order valence-electron chi connectivity index (χ3n) is 4.27. The molecule has 6 heteroatoms. The van der Waals surface area contributed by atoms with Gasteiger partial charge < -0.3 is 24.8 Å². The number of hydrogen-bond donors (Lipinski definition) is 3. The molecule has 3 aliphatic rings. The first kappa shape index (κ1) is 10.5. The molecule has 0 spiro atoms. The Hall–Kier alpha value is -0.690. The Bertz CT molecular complexity index is 344. The Morgan fingerprint density at radius 2 is 2.12 bits per heavy atom. The molecular formula is C10H14O6. The summed E-state index contributed by atoms with van der Waals surface area (Å²) in [5, 5.41) is 29.9. The number of aliphatic hydroxyl groups is 3. The lowest BCUT2D eigenvalue weighted by molar-refractivity contribution is -0.241. The normalized spacial score (nSPS) is 59.6. The van der Waals surface area contributed by atoms with E-state index in [1.807, 2.05) is 0 Å². The van der Waals surface area contributed by atoms with Crippen LogP contribution in [0, 0.1) is 17.8 Å². The van der Waals surface area contributed by atoms with Crippen LogP contribution in [0.2, 0.25) is 0 Å². The zero-order valence-electron chi connectivity index (χ0n) is 8.74. The number of hydrogen-bond acceptors (Lipinski definition) is 6. The molecule has 16 heavy (non-hydrogen) atoms. The van der Waals surface area contributed by atoms with Crippen molar-refractivity contribution in [2.45, 2.75) is 31.0 Å². The van der Waals surface area contributed by atoms with Crippen LogP contribution in [0.5, 0.6) is 0 Å². The molecule has 0 aromatic heterocycles. The van der Waals surface area contributed by atoms with E-state index < -0.39 is 47.8 Å². The summed E-state index contributed by atoms with van der Waals surface area (Å²) in [4.78, 5) is 11.5. The molecule has 2 saturated heterocycles. The second kappa shape index (κ2) is 2.95. The van der Waals surface area contributed by atoms with Gasteiger partial charge in [0.2, 0.25) is 0 Å². The van der Waals surface area contributed by atoms with E-state index in [4.69, 9.17) is 9.47 Å². The minimum absolute atomic E-state index is 0.0826. The van der Waals surface area contributed by atoms with Gasteiger partial charge in [-0.1, -0.05) is 6.92 Å². The van der Waals surface area contributed by atoms with Crippen molar-refractivity contribution < 1.29 is 29.6 Å². The van der Waals surface area contributed by atoms with Gasteiger partial charge in [0.05, 0.1) is 12.7 Å². The van der Waals surface area contributed by atoms with E-state index in [1.54, 1.807) is 6.92 Å². The van der Waals surface area contributed by atoms with Crippen LogP contribution in [0.3, 0.4) is 0 Å². The third kappa shape index (κ3) is 0.982. The lowest BCUT2D eigenvalue weighted by Crippen LogP contribution is -2.55. The van der Waals surface area contributed by atoms with Gasteiger partial charge in [-0.3, -0.25) is 4.79 Å². The standard InChI is InChI=1S/C10H14O6/c1-3-6(11)7-5-4(9(13)16-7)8(12)15-2-10(3,5)14/h3-8,11-12,14H,2H2,1H3. The number of esters is 1. The maximum absolute atomic E-state index is 11.5. The Morgan fingerprint density at radius 3 is 2.81 bits per heavy atom. The maximum Gasteiger partial charge on any atom is 0.315 e. The molecule has 3 fully saturated rings. The molecule has 1 saturated carbocycles. The lowest BCUT2D eigenvalue weighted by Gasteiger charge is -2.40. The number of rotatable bonds is 0. The maximum atomic E-state index is 11.5. The first-order valence-corrected chi connectivity index (χ1v) is 5.37. The van der Waals surface area contributed by atoms with E-state index in [9.17, 15) is 20.1 Å². The zero-order chi connectivity index (χ0) is 11.7. The summed E-state index contributed by atoms with van der Waals surface area (Å²) in [6, 6.07) is 0. The lowest BCUT2D eigenvalue weighted by atomic mass is 9.76. The van der Waals surface area contributed by atoms with Crippen LogP contribution >= 0.6 is 0 Å². The average molecular weight is 230 g/mol. The first-order valence-electron chi connectivity index (χ1n) is 5.37. The molecule has 2 heterocycles. The predicted molar refractivity (Wildman–Crippen MR) is 48.9 cm³/mol. The summed E-state index contributed by atoms with van der Waals surface area (Å²) in [6.07, 6.45) is -2.88. The second-order valence-electron chi connectivity index (χ2n) is 4.93. The molecule has 90 valence electrons. The number of ether oxygens (including phenoxy) is 2. The summed E-state index contributed by atoms with van der Waals surface area (Å²) < 4.78 is 10.0. The zero-order valence-corrected chi connectivity index (χ0v) is 8.74. The number of carbonyl (C=O) groups is 1. The molecule has 6 nitrogen and oxygen atoms in total. The van der Waals surface area contributed by atoms with Crippen LogP contribution in [-0.4, -0.2) is 52.0 Å². The van der Waals surface area contributed by atoms with Crippen LogP contribution in [-0.2, 0) is 14.3 Å². The topological polar surface area (TPSA) is 96.2 Å². The summed E-state index contributed by atoms with van der Waals surface area (Å²) in [6.45, 7) is 1.61. The van der Waals surface area contributed by atoms with Gasteiger partial charge in [-0.05, 0) is 0 Å². The van der Waals surface area contributed by atoms with Crippen LogP contribution < -0.4 is 0 Å². The van der Waals surface area contributed by atoms with Crippen LogP contribution in [0.1, 0.15) is 6.92 Å². The first-order chi connectivity index (χ1) is 7.47. The summed E-state index contributed by atoms with van der Waals surface area (Å²) in [5.41, 5.74) is -1.29. The molecule has 3 N–H and O–H groups in total. The van der Waals surface area contributed by atoms with Gasteiger partial charge in [0.15, 0.2) is 6.29 Å². The Morgan fingerprint density at radius 1 is 1.44 bits per heavy atom. The predicted octanol–water partition coefficient (Wildman–Crippen LogP) is -1.77. The number of carbonyl (C=O) groups excluding carboxylic acids is 1. The Balaban J connectivity index is 2.06. The minimum atomic E-state index is -1.29. The van der Waals surface area contributed by atoms with E-state index >= 15 is 0 Å². The monoisotopic (exact) mass is 230 g/mol. The third-order valence-corrected chi connectivity index (χ3v) is 4.27. The highest BCUT2D eigenvalue weighted by atomic mass is 16.6. The smallest absolute Gasteiger partial charge is 0.315 e. The van der Waals surface area contributed by atoms with Crippen LogP contribution in [0.15, 0.2) is 0 Å². The fraction of sp³-hybridized carbons (Fsp3) is 0.900. The van der Waals surface area contributed by atoms with Gasteiger partial charge in [0.1, 0.15) is 17.6 Å². The molecule has 0 aromatic carbocycles. The molecule has 2 aliphatic heterocycles. The van der Waals surface area contributed by atoms with Gasteiger partial charge in [-0.25, -0.2) is 0 Å². The van der Waals surface area contributed by atoms with Gasteiger partial charge in [0, 0.05) is 11.8 Å². The molecule has 3 rings (SSSR count). The van der Waals surface area contributed by atoms with Crippen LogP contribution in [0.25, 0.3) is 0 Å². The van der Waals surface area contributed by atoms with Crippen molar-refractivity contribution in [1.82, 2.24) is 0 Å². The fourth-order valence-corrected chi connectivity index (χ4v) is 3.24. The summed E-state index contributed by atoms with van der Waals surface area (Å²) in [7, 11) is 0. The molecule has 0 amide bonds. The highest BCUT2D eigenvalue weighted by Gasteiger charge is 2.70. The van der Waals surface area contributed by atoms with Gasteiger partial charge >= 0.3 is 5.97 Å². The van der Waals surface area contributed by atoms with E-state index in [1.165, 1.54) is 0 Å². The van der Waals surface area contributed by atoms with Crippen molar-refractivity contribution in [3.63, 3.8) is 0 Å². The largest absolute Gasteiger partial charge is 0.459 e. The van der Waals surface area contributed by atoms with Gasteiger partial charge in [0.25, 0.3) is 0 Å². The minimum Gasteiger partial charge on any atom is -0.459 e. The summed E-state index contributed by atoms with van der Waals surface area (Å²) in [5.74, 6) is -2.51. The van der Waals surface area contributed by atoms with Crippen molar-refractivity contribution in [3.8, 4) is 0 Å². The van der Waals surface area contributed by atoms with Crippen molar-refractivity contribution in [2.75, 3.05) is 6.61 Å². The van der Waals surface area contributed by atoms with Gasteiger partial charge in [-0.15, -0.1) is 0 Å². The van der Waals surface area contributed by atoms with Crippen molar-refractivity contribution in [1.29, 1.82) is 0 Å². The number of aliphatic hydroxyl groups excluding tert-OH is 2. The van der Waals surface area contributed by atoms with Crippen molar-refractivity contribution in [3.05, 3.63) is 0 Å². The van der Waals surface area contributed by atoms with Crippen LogP contribution in [0.4, 0.5) is 0 Å². The fourth-order valence-electron chi connectivity index (χ4n) is 3.24. The van der Waals surface area contributed by atoms with E-state index in [-0.39, 0.29) is 6.61 Å². The highest BCUT2D eigenvalue weighted by molar-refractivity contribution is 5.76. The Kier molecular flexibility index (Phi) is 1.93. The molecule has 7 atom stereocenters. The SMILES string of the molecule is CC1C(O)C2OC(=O)C3C(O)OCC1(O)C23. The van der Waals surface area contributed by atoms with Crippen molar-refractivity contribution >= 4 is 5.97 Å². The average Bonchev–Trinajstić information content (AvgIpc) is 2.68. The molecule has 0 aromatic rings. The Labute approximate surface area is 91.8 Å². The quantitative estimate of drug-likeness (QED) is 0.426. The van der Waals surface area contributed by atoms with Crippen molar-refractivity contribution in [2.24, 2.45) is 17.8 Å². The molecule has 1 aliphatic carbocycles. The second-order valence-corrected chi connectivity index (χ2v) is 4.93. The highest BCUT2D eigenvalue weighted by Crippen LogP contribution is 2.53. The van der Waals surface area contributed by atoms with E-state index in [2.05, 4.69) is 0 Å². The molecule has 7 unspecified atom stereocenters. The summed E-state index contributed by atoms with van der Waals surface area (Å²) >= 11 is 0. The van der Waals surface area contributed by atoms with E-state index in [0.29, 0.717) is 0 Å².